The predicted octanol–water partition coefficient (Wildman–Crippen LogP) is 4.17. The molecule has 2 fully saturated rings. The molecule has 186 valence electrons. The van der Waals surface area contributed by atoms with E-state index in [-0.39, 0.29) is 11.4 Å². The number of nitrogens with zero attached hydrogens (tertiary/aromatic N) is 5. The molecular weight excluding hydrogens is 453 g/mol. The van der Waals surface area contributed by atoms with Crippen molar-refractivity contribution in [1.82, 2.24) is 30.7 Å². The van der Waals surface area contributed by atoms with Gasteiger partial charge >= 0.3 is 0 Å². The Morgan fingerprint density at radius 2 is 2.03 bits per heavy atom. The lowest BCUT2D eigenvalue weighted by molar-refractivity contribution is 0.229. The third-order valence-electron chi connectivity index (χ3n) is 7.59. The highest BCUT2D eigenvalue weighted by molar-refractivity contribution is 5.75. The van der Waals surface area contributed by atoms with Gasteiger partial charge < -0.3 is 9.91 Å². The molecule has 6 rings (SSSR count). The standard InChI is InChI=1S/C28H32FN7/c1-19-3-7-23(8-4-19)35(2)34-28(10-11-28)22-6-5-20(24(29)16-22)15-21-9-12-31-27-26(21)32-17-25(33-27)36-14-13-30-18-36/h3,5-7,9,12,16-17,30,34H,4,8,10-11,13-15,18H2,1-2H3. The number of aromatic nitrogens is 3. The molecule has 2 aliphatic carbocycles. The summed E-state index contributed by atoms with van der Waals surface area (Å²) in [6.45, 7) is 4.76. The van der Waals surface area contributed by atoms with Crippen LogP contribution in [0.5, 0.6) is 0 Å². The van der Waals surface area contributed by atoms with Crippen molar-refractivity contribution in [2.75, 3.05) is 31.7 Å². The monoisotopic (exact) mass is 485 g/mol. The minimum absolute atomic E-state index is 0.184. The lowest BCUT2D eigenvalue weighted by atomic mass is 9.99. The van der Waals surface area contributed by atoms with Gasteiger partial charge in [-0.1, -0.05) is 23.8 Å². The molecule has 3 aromatic rings. The molecule has 0 atom stereocenters. The van der Waals surface area contributed by atoms with Gasteiger partial charge in [0, 0.05) is 38.5 Å². The largest absolute Gasteiger partial charge is 0.341 e. The Hall–Kier alpha value is -3.36. The normalized spacial score (nSPS) is 18.8. The molecule has 0 radical (unpaired) electrons. The van der Waals surface area contributed by atoms with Crippen LogP contribution in [0.1, 0.15) is 49.3 Å². The molecular formula is C28H32FN7. The van der Waals surface area contributed by atoms with E-state index in [1.165, 1.54) is 11.3 Å². The summed E-state index contributed by atoms with van der Waals surface area (Å²) in [5.74, 6) is 0.631. The number of anilines is 1. The number of hydrogen-bond donors (Lipinski definition) is 2. The third kappa shape index (κ3) is 4.47. The number of benzene rings is 1. The summed E-state index contributed by atoms with van der Waals surface area (Å²) < 4.78 is 15.4. The molecule has 0 spiro atoms. The van der Waals surface area contributed by atoms with Gasteiger partial charge in [0.05, 0.1) is 18.4 Å². The Kier molecular flexibility index (Phi) is 5.93. The Morgan fingerprint density at radius 3 is 2.75 bits per heavy atom. The summed E-state index contributed by atoms with van der Waals surface area (Å²) in [7, 11) is 2.06. The lowest BCUT2D eigenvalue weighted by Crippen LogP contribution is -2.42. The summed E-state index contributed by atoms with van der Waals surface area (Å²) in [5.41, 5.74) is 10.0. The molecule has 1 saturated heterocycles. The minimum atomic E-state index is -0.194. The van der Waals surface area contributed by atoms with Gasteiger partial charge in [-0.15, -0.1) is 0 Å². The number of hydrogen-bond acceptors (Lipinski definition) is 7. The van der Waals surface area contributed by atoms with Crippen LogP contribution in [0.15, 0.2) is 60.1 Å². The third-order valence-corrected chi connectivity index (χ3v) is 7.59. The number of fused-ring (bicyclic) bond motifs is 1. The van der Waals surface area contributed by atoms with Crippen molar-refractivity contribution in [3.8, 4) is 0 Å². The molecule has 1 aromatic carbocycles. The summed E-state index contributed by atoms with van der Waals surface area (Å²) in [4.78, 5) is 15.9. The minimum Gasteiger partial charge on any atom is -0.341 e. The molecule has 0 unspecified atom stereocenters. The number of pyridine rings is 1. The number of allylic oxidation sites excluding steroid dienone is 4. The maximum Gasteiger partial charge on any atom is 0.180 e. The number of hydrazine groups is 1. The zero-order valence-electron chi connectivity index (χ0n) is 20.9. The van der Waals surface area contributed by atoms with Crippen molar-refractivity contribution < 1.29 is 4.39 Å². The number of halogens is 1. The first-order valence-electron chi connectivity index (χ1n) is 12.7. The SMILES string of the molecule is CC1=CC=C(N(C)NC2(c3ccc(Cc4ccnc5nc(N6CCNC6)cnc45)c(F)c3)CC2)CC1. The summed E-state index contributed by atoms with van der Waals surface area (Å²) >= 11 is 0. The Labute approximate surface area is 211 Å². The van der Waals surface area contributed by atoms with Gasteiger partial charge in [0.2, 0.25) is 0 Å². The average molecular weight is 486 g/mol. The fourth-order valence-electron chi connectivity index (χ4n) is 5.15. The van der Waals surface area contributed by atoms with Gasteiger partial charge in [0.15, 0.2) is 11.5 Å². The Morgan fingerprint density at radius 1 is 1.14 bits per heavy atom. The molecule has 7 nitrogen and oxygen atoms in total. The molecule has 2 aromatic heterocycles. The first kappa shape index (κ1) is 23.1. The van der Waals surface area contributed by atoms with Crippen molar-refractivity contribution in [1.29, 1.82) is 0 Å². The smallest absolute Gasteiger partial charge is 0.180 e. The molecule has 1 saturated carbocycles. The van der Waals surface area contributed by atoms with Crippen LogP contribution < -0.4 is 15.6 Å². The van der Waals surface area contributed by atoms with Crippen molar-refractivity contribution in [2.24, 2.45) is 0 Å². The number of rotatable bonds is 7. The van der Waals surface area contributed by atoms with E-state index in [4.69, 9.17) is 4.98 Å². The second kappa shape index (κ2) is 9.26. The summed E-state index contributed by atoms with van der Waals surface area (Å²) in [6.07, 6.45) is 12.4. The van der Waals surface area contributed by atoms with Crippen LogP contribution in [0, 0.1) is 5.82 Å². The zero-order valence-corrected chi connectivity index (χ0v) is 20.9. The van der Waals surface area contributed by atoms with Crippen molar-refractivity contribution in [3.05, 3.63) is 82.6 Å². The van der Waals surface area contributed by atoms with E-state index in [1.807, 2.05) is 12.1 Å². The van der Waals surface area contributed by atoms with E-state index in [1.54, 1.807) is 18.5 Å². The highest BCUT2D eigenvalue weighted by Crippen LogP contribution is 2.46. The van der Waals surface area contributed by atoms with Crippen LogP contribution in [-0.2, 0) is 12.0 Å². The zero-order chi connectivity index (χ0) is 24.7. The van der Waals surface area contributed by atoms with Crippen LogP contribution in [-0.4, -0.2) is 46.8 Å². The van der Waals surface area contributed by atoms with Gasteiger partial charge in [-0.25, -0.2) is 24.8 Å². The van der Waals surface area contributed by atoms with E-state index in [0.717, 1.165) is 67.9 Å². The maximum atomic E-state index is 15.4. The molecule has 8 heteroatoms. The molecule has 3 heterocycles. The topological polar surface area (TPSA) is 69.2 Å². The highest BCUT2D eigenvalue weighted by atomic mass is 19.1. The maximum absolute atomic E-state index is 15.4. The molecule has 0 amide bonds. The second-order valence-corrected chi connectivity index (χ2v) is 10.2. The second-order valence-electron chi connectivity index (χ2n) is 10.2. The fraction of sp³-hybridized carbons (Fsp3) is 0.393. The summed E-state index contributed by atoms with van der Waals surface area (Å²) in [5, 5.41) is 5.42. The van der Waals surface area contributed by atoms with E-state index in [2.05, 4.69) is 62.8 Å². The molecule has 1 aliphatic heterocycles. The van der Waals surface area contributed by atoms with Crippen LogP contribution >= 0.6 is 0 Å². The van der Waals surface area contributed by atoms with Gasteiger partial charge in [-0.2, -0.15) is 0 Å². The van der Waals surface area contributed by atoms with E-state index in [9.17, 15) is 0 Å². The van der Waals surface area contributed by atoms with Gasteiger partial charge in [-0.05, 0) is 67.5 Å². The molecule has 0 bridgehead atoms. The summed E-state index contributed by atoms with van der Waals surface area (Å²) in [6, 6.07) is 7.60. The van der Waals surface area contributed by atoms with Crippen LogP contribution in [0.25, 0.3) is 11.2 Å². The van der Waals surface area contributed by atoms with Crippen LogP contribution in [0.2, 0.25) is 0 Å². The molecule has 36 heavy (non-hydrogen) atoms. The lowest BCUT2D eigenvalue weighted by Gasteiger charge is -2.31. The van der Waals surface area contributed by atoms with Crippen LogP contribution in [0.4, 0.5) is 10.2 Å². The van der Waals surface area contributed by atoms with Gasteiger partial charge in [0.25, 0.3) is 0 Å². The number of nitrogens with one attached hydrogen (secondary N) is 2. The fourth-order valence-corrected chi connectivity index (χ4v) is 5.15. The van der Waals surface area contributed by atoms with Crippen molar-refractivity contribution in [3.63, 3.8) is 0 Å². The van der Waals surface area contributed by atoms with Gasteiger partial charge in [-0.3, -0.25) is 5.32 Å². The van der Waals surface area contributed by atoms with E-state index < -0.39 is 0 Å². The van der Waals surface area contributed by atoms with Crippen molar-refractivity contribution >= 4 is 17.0 Å². The Balaban J connectivity index is 1.20. The quantitative estimate of drug-likeness (QED) is 0.487. The highest BCUT2D eigenvalue weighted by Gasteiger charge is 2.45. The predicted molar refractivity (Wildman–Crippen MR) is 140 cm³/mol. The van der Waals surface area contributed by atoms with E-state index in [0.29, 0.717) is 17.6 Å². The molecule has 2 N–H and O–H groups in total. The van der Waals surface area contributed by atoms with Crippen molar-refractivity contribution in [2.45, 2.75) is 44.6 Å². The van der Waals surface area contributed by atoms with E-state index >= 15 is 4.39 Å². The van der Waals surface area contributed by atoms with Crippen LogP contribution in [0.3, 0.4) is 0 Å². The molecule has 3 aliphatic rings. The van der Waals surface area contributed by atoms with Gasteiger partial charge in [0.1, 0.15) is 11.3 Å². The Bertz CT molecular complexity index is 1360. The first-order valence-corrected chi connectivity index (χ1v) is 12.7. The average Bonchev–Trinajstić information content (AvgIpc) is 3.45. The first-order chi connectivity index (χ1) is 17.5.